The summed E-state index contributed by atoms with van der Waals surface area (Å²) >= 11 is 1.38. The number of ether oxygens (including phenoxy) is 1. The quantitative estimate of drug-likeness (QED) is 0.685. The summed E-state index contributed by atoms with van der Waals surface area (Å²) in [7, 11) is 0. The molecule has 0 unspecified atom stereocenters. The Hall–Kier alpha value is -3.04. The number of nitriles is 1. The van der Waals surface area contributed by atoms with Gasteiger partial charge in [0.15, 0.2) is 11.8 Å². The molecule has 6 heteroatoms. The summed E-state index contributed by atoms with van der Waals surface area (Å²) in [6.07, 6.45) is 1.85. The van der Waals surface area contributed by atoms with E-state index in [-0.39, 0.29) is 12.5 Å². The molecule has 1 amide bonds. The number of amidine groups is 1. The van der Waals surface area contributed by atoms with Crippen molar-refractivity contribution < 1.29 is 9.53 Å². The summed E-state index contributed by atoms with van der Waals surface area (Å²) in [5, 5.41) is 9.26. The summed E-state index contributed by atoms with van der Waals surface area (Å²) < 4.78 is 5.26. The maximum atomic E-state index is 12.8. The molecular weight excluding hydrogens is 370 g/mol. The molecular formula is C22H21N3O2S. The third-order valence-electron chi connectivity index (χ3n) is 4.40. The Bertz CT molecular complexity index is 988. The third-order valence-corrected chi connectivity index (χ3v) is 5.41. The molecule has 142 valence electrons. The van der Waals surface area contributed by atoms with E-state index in [4.69, 9.17) is 15.0 Å². The third kappa shape index (κ3) is 4.44. The van der Waals surface area contributed by atoms with Gasteiger partial charge in [-0.05, 0) is 79.6 Å². The number of carbonyl (C=O) groups excluding carboxylic acids is 1. The van der Waals surface area contributed by atoms with Gasteiger partial charge in [-0.3, -0.25) is 9.69 Å². The monoisotopic (exact) mass is 391 g/mol. The smallest absolute Gasteiger partial charge is 0.266 e. The predicted octanol–water partition coefficient (Wildman–Crippen LogP) is 4.83. The Labute approximate surface area is 169 Å². The number of carbonyl (C=O) groups is 1. The Morgan fingerprint density at radius 2 is 1.93 bits per heavy atom. The van der Waals surface area contributed by atoms with Gasteiger partial charge in [0, 0.05) is 6.54 Å². The van der Waals surface area contributed by atoms with Gasteiger partial charge in [-0.1, -0.05) is 18.2 Å². The van der Waals surface area contributed by atoms with Crippen LogP contribution in [0.1, 0.15) is 23.6 Å². The molecule has 3 rings (SSSR count). The van der Waals surface area contributed by atoms with E-state index in [2.05, 4.69) is 13.8 Å². The van der Waals surface area contributed by atoms with Gasteiger partial charge in [0.05, 0.1) is 10.6 Å². The lowest BCUT2D eigenvalue weighted by Gasteiger charge is -2.12. The first-order valence-electron chi connectivity index (χ1n) is 8.99. The van der Waals surface area contributed by atoms with Crippen molar-refractivity contribution in [2.24, 2.45) is 4.99 Å². The molecule has 1 fully saturated rings. The lowest BCUT2D eigenvalue weighted by molar-refractivity contribution is -0.122. The number of thioether (sulfide) groups is 1. The molecule has 0 aliphatic carbocycles. The van der Waals surface area contributed by atoms with Gasteiger partial charge in [-0.25, -0.2) is 4.99 Å². The zero-order valence-corrected chi connectivity index (χ0v) is 16.9. The van der Waals surface area contributed by atoms with Crippen molar-refractivity contribution in [2.75, 3.05) is 13.2 Å². The van der Waals surface area contributed by atoms with Gasteiger partial charge in [0.25, 0.3) is 5.91 Å². The second-order valence-corrected chi connectivity index (χ2v) is 7.35. The molecule has 28 heavy (non-hydrogen) atoms. The average Bonchev–Trinajstić information content (AvgIpc) is 2.98. The Morgan fingerprint density at radius 1 is 1.18 bits per heavy atom. The SMILES string of the molecule is CCN1C(=O)C(=Cc2ccc(OCC#N)cc2)SC1=Nc1ccc(C)c(C)c1. The normalized spacial score (nSPS) is 16.6. The molecule has 1 saturated heterocycles. The van der Waals surface area contributed by atoms with Gasteiger partial charge < -0.3 is 4.74 Å². The van der Waals surface area contributed by atoms with E-state index in [9.17, 15) is 4.79 Å². The number of nitrogens with zero attached hydrogens (tertiary/aromatic N) is 3. The van der Waals surface area contributed by atoms with Crippen LogP contribution in [0.25, 0.3) is 6.08 Å². The highest BCUT2D eigenvalue weighted by molar-refractivity contribution is 8.18. The number of aliphatic imine (C=N–C) groups is 1. The van der Waals surface area contributed by atoms with Crippen LogP contribution >= 0.6 is 11.8 Å². The number of benzene rings is 2. The van der Waals surface area contributed by atoms with Crippen molar-refractivity contribution in [1.82, 2.24) is 4.90 Å². The highest BCUT2D eigenvalue weighted by Crippen LogP contribution is 2.34. The molecule has 1 aliphatic heterocycles. The number of aryl methyl sites for hydroxylation is 2. The molecule has 5 nitrogen and oxygen atoms in total. The summed E-state index contributed by atoms with van der Waals surface area (Å²) in [4.78, 5) is 19.8. The van der Waals surface area contributed by atoms with E-state index in [1.54, 1.807) is 17.0 Å². The molecule has 0 bridgehead atoms. The first-order chi connectivity index (χ1) is 13.5. The second kappa shape index (κ2) is 8.77. The van der Waals surface area contributed by atoms with Crippen LogP contribution in [0.15, 0.2) is 52.4 Å². The lowest BCUT2D eigenvalue weighted by Crippen LogP contribution is -2.28. The van der Waals surface area contributed by atoms with Crippen LogP contribution < -0.4 is 4.74 Å². The summed E-state index contributed by atoms with van der Waals surface area (Å²) in [5.41, 5.74) is 4.13. The molecule has 0 spiro atoms. The zero-order valence-electron chi connectivity index (χ0n) is 16.1. The summed E-state index contributed by atoms with van der Waals surface area (Å²) in [5.74, 6) is 0.584. The summed E-state index contributed by atoms with van der Waals surface area (Å²) in [6.45, 7) is 6.64. The Morgan fingerprint density at radius 3 is 2.57 bits per heavy atom. The maximum absolute atomic E-state index is 12.8. The van der Waals surface area contributed by atoms with Gasteiger partial charge in [0.1, 0.15) is 11.8 Å². The summed E-state index contributed by atoms with van der Waals surface area (Å²) in [6, 6.07) is 15.3. The minimum absolute atomic E-state index is 0.0124. The number of hydrogen-bond donors (Lipinski definition) is 0. The molecule has 1 heterocycles. The van der Waals surface area contributed by atoms with Crippen LogP contribution in [-0.2, 0) is 4.79 Å². The van der Waals surface area contributed by atoms with E-state index in [1.165, 1.54) is 22.9 Å². The van der Waals surface area contributed by atoms with Crippen molar-refractivity contribution >= 4 is 34.6 Å². The van der Waals surface area contributed by atoms with Gasteiger partial charge in [0.2, 0.25) is 0 Å². The molecule has 0 saturated carbocycles. The number of hydrogen-bond acceptors (Lipinski definition) is 5. The molecule has 0 aromatic heterocycles. The van der Waals surface area contributed by atoms with E-state index < -0.39 is 0 Å². The minimum Gasteiger partial charge on any atom is -0.479 e. The fourth-order valence-electron chi connectivity index (χ4n) is 2.70. The van der Waals surface area contributed by atoms with Crippen LogP contribution in [0.3, 0.4) is 0 Å². The minimum atomic E-state index is -0.0418. The second-order valence-electron chi connectivity index (χ2n) is 6.34. The van der Waals surface area contributed by atoms with E-state index in [0.717, 1.165) is 11.3 Å². The number of amides is 1. The van der Waals surface area contributed by atoms with Crippen LogP contribution in [0.2, 0.25) is 0 Å². The van der Waals surface area contributed by atoms with Gasteiger partial charge in [-0.2, -0.15) is 5.26 Å². The highest BCUT2D eigenvalue weighted by atomic mass is 32.2. The lowest BCUT2D eigenvalue weighted by atomic mass is 10.1. The van der Waals surface area contributed by atoms with Crippen LogP contribution in [-0.4, -0.2) is 29.1 Å². The standard InChI is InChI=1S/C22H21N3O2S/c1-4-25-21(26)20(14-17-6-9-19(10-7-17)27-12-11-23)28-22(25)24-18-8-5-15(2)16(3)13-18/h5-10,13-14H,4,12H2,1-3H3. The highest BCUT2D eigenvalue weighted by Gasteiger charge is 2.32. The Balaban J connectivity index is 1.84. The molecule has 2 aromatic carbocycles. The largest absolute Gasteiger partial charge is 0.479 e. The van der Waals surface area contributed by atoms with Crippen molar-refractivity contribution in [3.05, 3.63) is 64.1 Å². The average molecular weight is 391 g/mol. The van der Waals surface area contributed by atoms with Crippen LogP contribution in [0.5, 0.6) is 5.75 Å². The molecule has 2 aromatic rings. The number of rotatable bonds is 5. The van der Waals surface area contributed by atoms with Crippen molar-refractivity contribution in [3.8, 4) is 11.8 Å². The van der Waals surface area contributed by atoms with E-state index in [0.29, 0.717) is 22.4 Å². The Kier molecular flexibility index (Phi) is 6.17. The fraction of sp³-hybridized carbons (Fsp3) is 0.227. The zero-order chi connectivity index (χ0) is 20.1. The van der Waals surface area contributed by atoms with E-state index >= 15 is 0 Å². The number of likely N-dealkylation sites (N-methyl/N-ethyl adjacent to an activating group) is 1. The topological polar surface area (TPSA) is 65.7 Å². The molecule has 0 radical (unpaired) electrons. The molecule has 0 atom stereocenters. The van der Waals surface area contributed by atoms with Crippen LogP contribution in [0.4, 0.5) is 5.69 Å². The fourth-order valence-corrected chi connectivity index (χ4v) is 3.77. The van der Waals surface area contributed by atoms with Gasteiger partial charge in [-0.15, -0.1) is 0 Å². The van der Waals surface area contributed by atoms with Crippen molar-refractivity contribution in [2.45, 2.75) is 20.8 Å². The molecule has 1 aliphatic rings. The van der Waals surface area contributed by atoms with Crippen LogP contribution in [0, 0.1) is 25.2 Å². The van der Waals surface area contributed by atoms with Crippen molar-refractivity contribution in [3.63, 3.8) is 0 Å². The van der Waals surface area contributed by atoms with Gasteiger partial charge >= 0.3 is 0 Å². The molecule has 0 N–H and O–H groups in total. The first kappa shape index (κ1) is 19.7. The first-order valence-corrected chi connectivity index (χ1v) is 9.80. The van der Waals surface area contributed by atoms with Crippen molar-refractivity contribution in [1.29, 1.82) is 5.26 Å². The predicted molar refractivity (Wildman–Crippen MR) is 114 cm³/mol. The van der Waals surface area contributed by atoms with E-state index in [1.807, 2.05) is 49.4 Å². The maximum Gasteiger partial charge on any atom is 0.266 e.